The van der Waals surface area contributed by atoms with Crippen LogP contribution in [0.2, 0.25) is 0 Å². The lowest BCUT2D eigenvalue weighted by Crippen LogP contribution is -2.39. The van der Waals surface area contributed by atoms with Gasteiger partial charge >= 0.3 is 0 Å². The van der Waals surface area contributed by atoms with Gasteiger partial charge < -0.3 is 14.8 Å². The molecule has 0 unspecified atom stereocenters. The molecule has 0 spiro atoms. The number of aromatic nitrogens is 1. The van der Waals surface area contributed by atoms with E-state index in [1.807, 2.05) is 36.2 Å². The van der Waals surface area contributed by atoms with E-state index in [9.17, 15) is 9.59 Å². The molecule has 152 valence electrons. The fraction of sp³-hybridized carbons (Fsp3) is 0.550. The highest BCUT2D eigenvalue weighted by molar-refractivity contribution is 7.17. The molecular weight excluding hydrogens is 374 g/mol. The number of nitrogens with zero attached hydrogens (tertiary/aromatic N) is 4. The van der Waals surface area contributed by atoms with Crippen LogP contribution in [0.25, 0.3) is 10.2 Å². The molecule has 8 heteroatoms. The van der Waals surface area contributed by atoms with E-state index in [1.54, 1.807) is 11.3 Å². The molecule has 0 aliphatic carbocycles. The molecule has 2 aromatic heterocycles. The maximum atomic E-state index is 13.1. The van der Waals surface area contributed by atoms with Crippen LogP contribution in [0.5, 0.6) is 0 Å². The van der Waals surface area contributed by atoms with Gasteiger partial charge in [-0.3, -0.25) is 9.59 Å². The highest BCUT2D eigenvalue weighted by atomic mass is 32.1. The smallest absolute Gasteiger partial charge is 0.291 e. The van der Waals surface area contributed by atoms with Gasteiger partial charge in [0.15, 0.2) is 0 Å². The van der Waals surface area contributed by atoms with Gasteiger partial charge in [0.2, 0.25) is 5.91 Å². The maximum absolute atomic E-state index is 13.1. The summed E-state index contributed by atoms with van der Waals surface area (Å²) in [6, 6.07) is 3.94. The summed E-state index contributed by atoms with van der Waals surface area (Å²) in [4.78, 5) is 27.6. The van der Waals surface area contributed by atoms with Gasteiger partial charge in [0.1, 0.15) is 12.2 Å². The summed E-state index contributed by atoms with van der Waals surface area (Å²) in [5.74, 6) is -0.419. The number of hydrogen-bond acceptors (Lipinski definition) is 5. The van der Waals surface area contributed by atoms with Gasteiger partial charge in [-0.1, -0.05) is 20.8 Å². The zero-order valence-corrected chi connectivity index (χ0v) is 18.1. The van der Waals surface area contributed by atoms with Crippen molar-refractivity contribution < 1.29 is 9.59 Å². The van der Waals surface area contributed by atoms with Gasteiger partial charge in [0, 0.05) is 12.0 Å². The Kier molecular flexibility index (Phi) is 5.90. The summed E-state index contributed by atoms with van der Waals surface area (Å²) in [6.07, 6.45) is 0.863. The lowest BCUT2D eigenvalue weighted by Gasteiger charge is -2.23. The van der Waals surface area contributed by atoms with Crippen LogP contribution in [0, 0.1) is 5.41 Å². The Hall–Kier alpha value is -2.19. The van der Waals surface area contributed by atoms with Gasteiger partial charge in [-0.15, -0.1) is 11.3 Å². The SMILES string of the molecule is CN(C)CCCNC(=O)CN1N=C(C(C)(C)C)Cn2c(cc3sccc32)C1=O. The molecule has 0 radical (unpaired) electrons. The Morgan fingerprint density at radius 3 is 2.79 bits per heavy atom. The van der Waals surface area contributed by atoms with Gasteiger partial charge in [-0.05, 0) is 44.6 Å². The first-order valence-electron chi connectivity index (χ1n) is 9.55. The molecule has 1 aliphatic heterocycles. The second-order valence-electron chi connectivity index (χ2n) is 8.45. The Morgan fingerprint density at radius 1 is 1.36 bits per heavy atom. The van der Waals surface area contributed by atoms with Crippen LogP contribution in [-0.2, 0) is 11.3 Å². The average molecular weight is 404 g/mol. The molecule has 28 heavy (non-hydrogen) atoms. The first-order valence-corrected chi connectivity index (χ1v) is 10.4. The second-order valence-corrected chi connectivity index (χ2v) is 9.40. The minimum absolute atomic E-state index is 0.0702. The molecule has 2 amide bonds. The Balaban J connectivity index is 1.82. The topological polar surface area (TPSA) is 69.9 Å². The molecule has 3 rings (SSSR count). The highest BCUT2D eigenvalue weighted by Crippen LogP contribution is 2.30. The van der Waals surface area contributed by atoms with E-state index in [-0.39, 0.29) is 23.8 Å². The highest BCUT2D eigenvalue weighted by Gasteiger charge is 2.31. The molecule has 0 bridgehead atoms. The molecule has 0 saturated carbocycles. The molecular formula is C20H29N5O2S. The predicted molar refractivity (Wildman–Crippen MR) is 114 cm³/mol. The van der Waals surface area contributed by atoms with Crippen molar-refractivity contribution in [1.82, 2.24) is 19.8 Å². The third kappa shape index (κ3) is 4.44. The third-order valence-corrected chi connectivity index (χ3v) is 5.64. The normalized spacial score (nSPS) is 15.0. The van der Waals surface area contributed by atoms with Crippen LogP contribution in [0.4, 0.5) is 0 Å². The molecule has 3 heterocycles. The number of hydrogen-bond donors (Lipinski definition) is 1. The summed E-state index contributed by atoms with van der Waals surface area (Å²) in [5.41, 5.74) is 2.30. The summed E-state index contributed by atoms with van der Waals surface area (Å²) in [7, 11) is 4.00. The number of carbonyl (C=O) groups is 2. The van der Waals surface area contributed by atoms with E-state index in [0.717, 1.165) is 28.9 Å². The van der Waals surface area contributed by atoms with Crippen molar-refractivity contribution in [3.05, 3.63) is 23.2 Å². The van der Waals surface area contributed by atoms with Crippen molar-refractivity contribution in [3.8, 4) is 0 Å². The van der Waals surface area contributed by atoms with Crippen molar-refractivity contribution in [2.75, 3.05) is 33.7 Å². The van der Waals surface area contributed by atoms with Crippen LogP contribution in [0.3, 0.4) is 0 Å². The lowest BCUT2D eigenvalue weighted by atomic mass is 9.90. The molecule has 1 aliphatic rings. The number of amides is 2. The van der Waals surface area contributed by atoms with Gasteiger partial charge in [0.05, 0.1) is 22.5 Å². The monoisotopic (exact) mass is 403 g/mol. The van der Waals surface area contributed by atoms with E-state index in [0.29, 0.717) is 18.8 Å². The predicted octanol–water partition coefficient (Wildman–Crippen LogP) is 2.63. The molecule has 1 N–H and O–H groups in total. The van der Waals surface area contributed by atoms with E-state index in [4.69, 9.17) is 0 Å². The van der Waals surface area contributed by atoms with Crippen LogP contribution < -0.4 is 5.32 Å². The van der Waals surface area contributed by atoms with E-state index < -0.39 is 0 Å². The third-order valence-electron chi connectivity index (χ3n) is 4.79. The summed E-state index contributed by atoms with van der Waals surface area (Å²) < 4.78 is 3.10. The van der Waals surface area contributed by atoms with Gasteiger partial charge in [-0.2, -0.15) is 5.10 Å². The quantitative estimate of drug-likeness (QED) is 0.754. The van der Waals surface area contributed by atoms with Crippen molar-refractivity contribution in [1.29, 1.82) is 0 Å². The molecule has 0 atom stereocenters. The largest absolute Gasteiger partial charge is 0.354 e. The van der Waals surface area contributed by atoms with E-state index in [1.165, 1.54) is 5.01 Å². The van der Waals surface area contributed by atoms with Crippen LogP contribution in [0.15, 0.2) is 22.6 Å². The van der Waals surface area contributed by atoms with E-state index >= 15 is 0 Å². The molecule has 7 nitrogen and oxygen atoms in total. The fourth-order valence-electron chi connectivity index (χ4n) is 3.14. The summed E-state index contributed by atoms with van der Waals surface area (Å²) in [5, 5.41) is 10.9. The molecule has 2 aromatic rings. The number of nitrogens with one attached hydrogen (secondary N) is 1. The van der Waals surface area contributed by atoms with Crippen LogP contribution in [-0.4, -0.2) is 65.7 Å². The first-order chi connectivity index (χ1) is 13.2. The number of carbonyl (C=O) groups excluding carboxylic acids is 2. The standard InChI is InChI=1S/C20H29N5O2S/c1-20(2,3)17-12-24-14-7-10-28-16(14)11-15(24)19(27)25(22-17)13-18(26)21-8-6-9-23(4)5/h7,10-11H,6,8-9,12-13H2,1-5H3,(H,21,26). The first kappa shape index (κ1) is 20.5. The van der Waals surface area contributed by atoms with Crippen LogP contribution >= 0.6 is 11.3 Å². The molecule has 0 fully saturated rings. The minimum Gasteiger partial charge on any atom is -0.354 e. The second kappa shape index (κ2) is 8.05. The minimum atomic E-state index is -0.230. The number of rotatable bonds is 6. The summed E-state index contributed by atoms with van der Waals surface area (Å²) >= 11 is 1.61. The van der Waals surface area contributed by atoms with Crippen molar-refractivity contribution in [2.24, 2.45) is 10.5 Å². The molecule has 0 aromatic carbocycles. The molecule has 0 saturated heterocycles. The number of hydrazone groups is 1. The fourth-order valence-corrected chi connectivity index (χ4v) is 3.96. The average Bonchev–Trinajstić information content (AvgIpc) is 3.14. The Bertz CT molecular complexity index is 903. The number of thiophene rings is 1. The van der Waals surface area contributed by atoms with Gasteiger partial charge in [0.25, 0.3) is 5.91 Å². The zero-order valence-electron chi connectivity index (χ0n) is 17.3. The van der Waals surface area contributed by atoms with Crippen molar-refractivity contribution >= 4 is 39.1 Å². The van der Waals surface area contributed by atoms with Crippen molar-refractivity contribution in [3.63, 3.8) is 0 Å². The summed E-state index contributed by atoms with van der Waals surface area (Å²) in [6.45, 7) is 8.20. The lowest BCUT2D eigenvalue weighted by molar-refractivity contribution is -0.121. The maximum Gasteiger partial charge on any atom is 0.291 e. The number of fused-ring (bicyclic) bond motifs is 3. The van der Waals surface area contributed by atoms with Gasteiger partial charge in [-0.25, -0.2) is 5.01 Å². The van der Waals surface area contributed by atoms with Crippen molar-refractivity contribution in [2.45, 2.75) is 33.7 Å². The van der Waals surface area contributed by atoms with Crippen LogP contribution in [0.1, 0.15) is 37.7 Å². The Labute approximate surface area is 170 Å². The Morgan fingerprint density at radius 2 is 2.11 bits per heavy atom. The van der Waals surface area contributed by atoms with E-state index in [2.05, 4.69) is 36.1 Å². The zero-order chi connectivity index (χ0) is 20.5.